The molecule has 2 aliphatic rings. The second kappa shape index (κ2) is 5.68. The number of hydrogen-bond acceptors (Lipinski definition) is 3. The normalized spacial score (nSPS) is 19.7. The maximum absolute atomic E-state index is 12.7. The van der Waals surface area contributed by atoms with Crippen molar-refractivity contribution in [3.05, 3.63) is 30.0 Å². The second-order valence-corrected chi connectivity index (χ2v) is 6.33. The SMILES string of the molecule is O=C(c1n[nH]c2ccccc12)N1CCC(N2CCCC2=O)CC1. The van der Waals surface area contributed by atoms with E-state index in [1.807, 2.05) is 34.1 Å². The van der Waals surface area contributed by atoms with E-state index in [1.165, 1.54) is 0 Å². The molecular formula is C17H20N4O2. The molecule has 2 fully saturated rings. The van der Waals surface area contributed by atoms with Gasteiger partial charge in [-0.3, -0.25) is 14.7 Å². The number of rotatable bonds is 2. The maximum atomic E-state index is 12.7. The van der Waals surface area contributed by atoms with Gasteiger partial charge in [-0.05, 0) is 25.3 Å². The molecule has 4 rings (SSSR count). The molecule has 2 aromatic rings. The Morgan fingerprint density at radius 3 is 2.70 bits per heavy atom. The first-order chi connectivity index (χ1) is 11.2. The Bertz CT molecular complexity index is 746. The number of benzene rings is 1. The number of para-hydroxylation sites is 1. The Morgan fingerprint density at radius 2 is 1.96 bits per heavy atom. The molecule has 2 amide bonds. The molecule has 0 unspecified atom stereocenters. The lowest BCUT2D eigenvalue weighted by Gasteiger charge is -2.36. The Hall–Kier alpha value is -2.37. The van der Waals surface area contributed by atoms with E-state index < -0.39 is 0 Å². The van der Waals surface area contributed by atoms with Gasteiger partial charge in [0, 0.05) is 37.5 Å². The molecule has 0 radical (unpaired) electrons. The zero-order valence-corrected chi connectivity index (χ0v) is 13.0. The van der Waals surface area contributed by atoms with Crippen LogP contribution in [0.4, 0.5) is 0 Å². The molecule has 0 aliphatic carbocycles. The number of H-pyrrole nitrogens is 1. The summed E-state index contributed by atoms with van der Waals surface area (Å²) in [5, 5.41) is 7.99. The minimum Gasteiger partial charge on any atom is -0.340 e. The van der Waals surface area contributed by atoms with Crippen molar-refractivity contribution in [3.8, 4) is 0 Å². The highest BCUT2D eigenvalue weighted by molar-refractivity contribution is 6.04. The smallest absolute Gasteiger partial charge is 0.274 e. The zero-order valence-electron chi connectivity index (χ0n) is 13.0. The summed E-state index contributed by atoms with van der Waals surface area (Å²) in [6.07, 6.45) is 3.37. The number of piperidine rings is 1. The van der Waals surface area contributed by atoms with Crippen molar-refractivity contribution in [1.29, 1.82) is 0 Å². The van der Waals surface area contributed by atoms with Gasteiger partial charge in [0.1, 0.15) is 0 Å². The number of nitrogens with zero attached hydrogens (tertiary/aromatic N) is 3. The monoisotopic (exact) mass is 312 g/mol. The number of nitrogens with one attached hydrogen (secondary N) is 1. The molecule has 1 aromatic carbocycles. The highest BCUT2D eigenvalue weighted by atomic mass is 16.2. The standard InChI is InChI=1S/C17H20N4O2/c22-15-6-3-9-21(15)12-7-10-20(11-8-12)17(23)16-13-4-1-2-5-14(13)18-19-16/h1-2,4-5,12H,3,6-11H2,(H,18,19). The van der Waals surface area contributed by atoms with Crippen LogP contribution in [0.15, 0.2) is 24.3 Å². The summed E-state index contributed by atoms with van der Waals surface area (Å²) in [5.74, 6) is 0.252. The van der Waals surface area contributed by atoms with E-state index in [0.717, 1.165) is 36.7 Å². The van der Waals surface area contributed by atoms with Gasteiger partial charge in [0.2, 0.25) is 5.91 Å². The van der Waals surface area contributed by atoms with Crippen LogP contribution in [0.2, 0.25) is 0 Å². The van der Waals surface area contributed by atoms with Crippen LogP contribution in [0.5, 0.6) is 0 Å². The number of hydrogen-bond donors (Lipinski definition) is 1. The third kappa shape index (κ3) is 2.48. The van der Waals surface area contributed by atoms with Crippen molar-refractivity contribution >= 4 is 22.7 Å². The molecule has 3 heterocycles. The molecule has 23 heavy (non-hydrogen) atoms. The number of likely N-dealkylation sites (tertiary alicyclic amines) is 2. The van der Waals surface area contributed by atoms with Gasteiger partial charge in [0.15, 0.2) is 5.69 Å². The summed E-state index contributed by atoms with van der Waals surface area (Å²) in [5.41, 5.74) is 1.38. The molecule has 2 aliphatic heterocycles. The lowest BCUT2D eigenvalue weighted by molar-refractivity contribution is -0.130. The third-order valence-electron chi connectivity index (χ3n) is 4.98. The van der Waals surface area contributed by atoms with Crippen LogP contribution >= 0.6 is 0 Å². The van der Waals surface area contributed by atoms with Crippen LogP contribution < -0.4 is 0 Å². The van der Waals surface area contributed by atoms with E-state index in [9.17, 15) is 9.59 Å². The van der Waals surface area contributed by atoms with Crippen LogP contribution in [0.25, 0.3) is 10.9 Å². The van der Waals surface area contributed by atoms with Gasteiger partial charge in [0.05, 0.1) is 5.52 Å². The van der Waals surface area contributed by atoms with Gasteiger partial charge in [-0.2, -0.15) is 5.10 Å². The van der Waals surface area contributed by atoms with Crippen LogP contribution in [0.3, 0.4) is 0 Å². The van der Waals surface area contributed by atoms with E-state index in [-0.39, 0.29) is 11.8 Å². The number of amides is 2. The number of fused-ring (bicyclic) bond motifs is 1. The molecule has 0 bridgehead atoms. The average Bonchev–Trinajstić information content (AvgIpc) is 3.20. The van der Waals surface area contributed by atoms with Crippen LogP contribution in [0.1, 0.15) is 36.2 Å². The predicted octanol–water partition coefficient (Wildman–Crippen LogP) is 1.79. The molecule has 1 N–H and O–H groups in total. The van der Waals surface area contributed by atoms with Gasteiger partial charge in [-0.1, -0.05) is 18.2 Å². The first kappa shape index (κ1) is 14.2. The van der Waals surface area contributed by atoms with Crippen molar-refractivity contribution in [3.63, 3.8) is 0 Å². The Kier molecular flexibility index (Phi) is 3.52. The minimum atomic E-state index is -0.0198. The van der Waals surface area contributed by atoms with Gasteiger partial charge in [0.25, 0.3) is 5.91 Å². The first-order valence-corrected chi connectivity index (χ1v) is 8.26. The summed E-state index contributed by atoms with van der Waals surface area (Å²) in [6.45, 7) is 2.25. The molecular weight excluding hydrogens is 292 g/mol. The van der Waals surface area contributed by atoms with Gasteiger partial charge in [-0.15, -0.1) is 0 Å². The summed E-state index contributed by atoms with van der Waals surface area (Å²) >= 11 is 0. The highest BCUT2D eigenvalue weighted by Crippen LogP contribution is 2.24. The topological polar surface area (TPSA) is 69.3 Å². The van der Waals surface area contributed by atoms with Crippen molar-refractivity contribution in [2.45, 2.75) is 31.7 Å². The summed E-state index contributed by atoms with van der Waals surface area (Å²) in [4.78, 5) is 28.4. The van der Waals surface area contributed by atoms with Crippen LogP contribution in [-0.4, -0.2) is 57.5 Å². The van der Waals surface area contributed by atoms with Crippen molar-refractivity contribution in [2.75, 3.05) is 19.6 Å². The highest BCUT2D eigenvalue weighted by Gasteiger charge is 2.32. The number of aromatic amines is 1. The largest absolute Gasteiger partial charge is 0.340 e. The first-order valence-electron chi connectivity index (χ1n) is 8.26. The van der Waals surface area contributed by atoms with Crippen LogP contribution in [-0.2, 0) is 4.79 Å². The van der Waals surface area contributed by atoms with E-state index in [1.54, 1.807) is 0 Å². The lowest BCUT2D eigenvalue weighted by atomic mass is 10.0. The van der Waals surface area contributed by atoms with Gasteiger partial charge in [-0.25, -0.2) is 0 Å². The van der Waals surface area contributed by atoms with Gasteiger partial charge >= 0.3 is 0 Å². The van der Waals surface area contributed by atoms with E-state index in [0.29, 0.717) is 31.2 Å². The molecule has 6 heteroatoms. The zero-order chi connectivity index (χ0) is 15.8. The quantitative estimate of drug-likeness (QED) is 0.919. The molecule has 0 saturated carbocycles. The molecule has 1 aromatic heterocycles. The number of carbonyl (C=O) groups excluding carboxylic acids is 2. The Morgan fingerprint density at radius 1 is 1.17 bits per heavy atom. The summed E-state index contributed by atoms with van der Waals surface area (Å²) in [6, 6.07) is 7.98. The fraction of sp³-hybridized carbons (Fsp3) is 0.471. The summed E-state index contributed by atoms with van der Waals surface area (Å²) in [7, 11) is 0. The number of aromatic nitrogens is 2. The van der Waals surface area contributed by atoms with Crippen molar-refractivity contribution in [1.82, 2.24) is 20.0 Å². The number of carbonyl (C=O) groups is 2. The second-order valence-electron chi connectivity index (χ2n) is 6.33. The molecule has 2 saturated heterocycles. The van der Waals surface area contributed by atoms with Crippen molar-refractivity contribution < 1.29 is 9.59 Å². The maximum Gasteiger partial charge on any atom is 0.274 e. The fourth-order valence-electron chi connectivity index (χ4n) is 3.71. The fourth-order valence-corrected chi connectivity index (χ4v) is 3.71. The Balaban J connectivity index is 1.46. The molecule has 6 nitrogen and oxygen atoms in total. The van der Waals surface area contributed by atoms with E-state index in [4.69, 9.17) is 0 Å². The van der Waals surface area contributed by atoms with E-state index >= 15 is 0 Å². The summed E-state index contributed by atoms with van der Waals surface area (Å²) < 4.78 is 0. The average molecular weight is 312 g/mol. The molecule has 0 spiro atoms. The van der Waals surface area contributed by atoms with Crippen molar-refractivity contribution in [2.24, 2.45) is 0 Å². The third-order valence-corrected chi connectivity index (χ3v) is 4.98. The van der Waals surface area contributed by atoms with E-state index in [2.05, 4.69) is 10.2 Å². The molecule has 0 atom stereocenters. The molecule has 120 valence electrons. The van der Waals surface area contributed by atoms with Crippen LogP contribution in [0, 0.1) is 0 Å². The van der Waals surface area contributed by atoms with Gasteiger partial charge < -0.3 is 9.80 Å². The minimum absolute atomic E-state index is 0.0198. The predicted molar refractivity (Wildman–Crippen MR) is 86.0 cm³/mol. The Labute approximate surface area is 134 Å². The lowest BCUT2D eigenvalue weighted by Crippen LogP contribution is -2.47.